The van der Waals surface area contributed by atoms with Crippen LogP contribution in [0.4, 0.5) is 5.82 Å². The maximum atomic E-state index is 12.3. The van der Waals surface area contributed by atoms with E-state index in [1.54, 1.807) is 30.3 Å². The Hall–Kier alpha value is -1.62. The lowest BCUT2D eigenvalue weighted by Crippen LogP contribution is -2.46. The molecule has 2 N–H and O–H groups in total. The minimum absolute atomic E-state index is 0.0606. The Balaban J connectivity index is 2.13. The minimum atomic E-state index is -0.0606. The molecule has 0 aliphatic carbocycles. The highest BCUT2D eigenvalue weighted by molar-refractivity contribution is 5.98. The Morgan fingerprint density at radius 1 is 1.61 bits per heavy atom. The normalized spacial score (nSPS) is 24.0. The van der Waals surface area contributed by atoms with Gasteiger partial charge >= 0.3 is 0 Å². The molecule has 1 aromatic heterocycles. The summed E-state index contributed by atoms with van der Waals surface area (Å²) in [7, 11) is 1.69. The van der Waals surface area contributed by atoms with Gasteiger partial charge < -0.3 is 15.4 Å². The molecule has 0 bridgehead atoms. The van der Waals surface area contributed by atoms with Gasteiger partial charge in [0.25, 0.3) is 5.91 Å². The summed E-state index contributed by atoms with van der Waals surface area (Å²) in [6.07, 6.45) is 2.63. The topological polar surface area (TPSA) is 68.5 Å². The van der Waals surface area contributed by atoms with Gasteiger partial charge in [-0.2, -0.15) is 0 Å². The highest BCUT2D eigenvalue weighted by Crippen LogP contribution is 2.22. The number of methoxy groups -OCH3 is 1. The molecule has 0 radical (unpaired) electrons. The van der Waals surface area contributed by atoms with Gasteiger partial charge in [-0.15, -0.1) is 0 Å². The second kappa shape index (κ2) is 5.35. The van der Waals surface area contributed by atoms with E-state index in [1.807, 2.05) is 0 Å². The standard InChI is InChI=1S/C13H19N3O2/c1-9-5-7-16(8-11(9)18-2)13(17)10-4-3-6-15-12(10)14/h3-4,6,9,11H,5,7-8H2,1-2H3,(H2,14,15). The molecule has 1 amide bonds. The highest BCUT2D eigenvalue weighted by Gasteiger charge is 2.29. The second-order valence-corrected chi connectivity index (χ2v) is 4.73. The molecule has 1 aliphatic rings. The van der Waals surface area contributed by atoms with E-state index in [0.29, 0.717) is 18.0 Å². The van der Waals surface area contributed by atoms with Crippen LogP contribution in [0.25, 0.3) is 0 Å². The van der Waals surface area contributed by atoms with Gasteiger partial charge in [-0.05, 0) is 24.5 Å². The van der Waals surface area contributed by atoms with Crippen molar-refractivity contribution in [2.75, 3.05) is 25.9 Å². The van der Waals surface area contributed by atoms with Crippen LogP contribution < -0.4 is 5.73 Å². The van der Waals surface area contributed by atoms with Crippen molar-refractivity contribution < 1.29 is 9.53 Å². The van der Waals surface area contributed by atoms with Crippen LogP contribution in [0.5, 0.6) is 0 Å². The number of likely N-dealkylation sites (tertiary alicyclic amines) is 1. The molecule has 5 nitrogen and oxygen atoms in total. The zero-order chi connectivity index (χ0) is 13.1. The van der Waals surface area contributed by atoms with Crippen LogP contribution >= 0.6 is 0 Å². The Bertz CT molecular complexity index is 436. The first kappa shape index (κ1) is 12.8. The van der Waals surface area contributed by atoms with E-state index in [9.17, 15) is 4.79 Å². The predicted octanol–water partition coefficient (Wildman–Crippen LogP) is 1.16. The van der Waals surface area contributed by atoms with Crippen molar-refractivity contribution in [1.82, 2.24) is 9.88 Å². The Morgan fingerprint density at radius 3 is 3.06 bits per heavy atom. The Labute approximate surface area is 107 Å². The monoisotopic (exact) mass is 249 g/mol. The molecule has 0 aromatic carbocycles. The molecule has 0 spiro atoms. The predicted molar refractivity (Wildman–Crippen MR) is 69.1 cm³/mol. The number of carbonyl (C=O) groups is 1. The van der Waals surface area contributed by atoms with Crippen LogP contribution in [0.3, 0.4) is 0 Å². The molecule has 2 atom stereocenters. The molecule has 18 heavy (non-hydrogen) atoms. The number of nitrogen functional groups attached to an aromatic ring is 1. The summed E-state index contributed by atoms with van der Waals surface area (Å²) in [5.41, 5.74) is 6.21. The molecule has 5 heteroatoms. The molecule has 2 heterocycles. The molecular formula is C13H19N3O2. The van der Waals surface area contributed by atoms with Gasteiger partial charge in [0, 0.05) is 26.4 Å². The van der Waals surface area contributed by atoms with E-state index < -0.39 is 0 Å². The number of amides is 1. The number of carbonyl (C=O) groups excluding carboxylic acids is 1. The zero-order valence-corrected chi connectivity index (χ0v) is 10.8. The van der Waals surface area contributed by atoms with Gasteiger partial charge in [-0.25, -0.2) is 4.98 Å². The molecule has 1 saturated heterocycles. The van der Waals surface area contributed by atoms with Crippen LogP contribution in [0.1, 0.15) is 23.7 Å². The number of anilines is 1. The summed E-state index contributed by atoms with van der Waals surface area (Å²) < 4.78 is 5.41. The fourth-order valence-electron chi connectivity index (χ4n) is 2.29. The molecule has 98 valence electrons. The van der Waals surface area contributed by atoms with Gasteiger partial charge in [-0.3, -0.25) is 4.79 Å². The van der Waals surface area contributed by atoms with Crippen LogP contribution in [-0.4, -0.2) is 42.1 Å². The third-order valence-corrected chi connectivity index (χ3v) is 3.55. The van der Waals surface area contributed by atoms with Crippen molar-refractivity contribution in [2.45, 2.75) is 19.4 Å². The lowest BCUT2D eigenvalue weighted by atomic mass is 9.95. The first-order valence-electron chi connectivity index (χ1n) is 6.16. The number of ether oxygens (including phenoxy) is 1. The lowest BCUT2D eigenvalue weighted by molar-refractivity contribution is -0.00154. The smallest absolute Gasteiger partial charge is 0.257 e. The summed E-state index contributed by atoms with van der Waals surface area (Å²) in [6, 6.07) is 3.44. The van der Waals surface area contributed by atoms with Gasteiger partial charge in [0.1, 0.15) is 5.82 Å². The molecule has 2 rings (SSSR count). The third kappa shape index (κ3) is 2.46. The summed E-state index contributed by atoms with van der Waals surface area (Å²) >= 11 is 0. The number of aromatic nitrogens is 1. The first-order valence-corrected chi connectivity index (χ1v) is 6.16. The quantitative estimate of drug-likeness (QED) is 0.854. The number of nitrogens with two attached hydrogens (primary N) is 1. The summed E-state index contributed by atoms with van der Waals surface area (Å²) in [5, 5.41) is 0. The fraction of sp³-hybridized carbons (Fsp3) is 0.538. The van der Waals surface area contributed by atoms with Crippen molar-refractivity contribution in [3.63, 3.8) is 0 Å². The van der Waals surface area contributed by atoms with Crippen LogP contribution in [0.2, 0.25) is 0 Å². The van der Waals surface area contributed by atoms with E-state index in [1.165, 1.54) is 0 Å². The van der Waals surface area contributed by atoms with Crippen molar-refractivity contribution in [1.29, 1.82) is 0 Å². The van der Waals surface area contributed by atoms with Gasteiger partial charge in [-0.1, -0.05) is 6.92 Å². The van der Waals surface area contributed by atoms with Crippen molar-refractivity contribution in [2.24, 2.45) is 5.92 Å². The Morgan fingerprint density at radius 2 is 2.39 bits per heavy atom. The van der Waals surface area contributed by atoms with E-state index in [0.717, 1.165) is 13.0 Å². The third-order valence-electron chi connectivity index (χ3n) is 3.55. The van der Waals surface area contributed by atoms with Crippen molar-refractivity contribution in [3.8, 4) is 0 Å². The average Bonchev–Trinajstić information content (AvgIpc) is 2.39. The van der Waals surface area contributed by atoms with E-state index >= 15 is 0 Å². The van der Waals surface area contributed by atoms with E-state index in [2.05, 4.69) is 11.9 Å². The van der Waals surface area contributed by atoms with Crippen LogP contribution in [-0.2, 0) is 4.74 Å². The summed E-state index contributed by atoms with van der Waals surface area (Å²) in [6.45, 7) is 3.51. The number of piperidine rings is 1. The number of hydrogen-bond donors (Lipinski definition) is 1. The average molecular weight is 249 g/mol. The largest absolute Gasteiger partial charge is 0.383 e. The summed E-state index contributed by atoms with van der Waals surface area (Å²) in [4.78, 5) is 18.1. The van der Waals surface area contributed by atoms with Crippen molar-refractivity contribution in [3.05, 3.63) is 23.9 Å². The maximum Gasteiger partial charge on any atom is 0.257 e. The Kier molecular flexibility index (Phi) is 3.81. The first-order chi connectivity index (χ1) is 8.63. The molecule has 0 saturated carbocycles. The number of nitrogens with zero attached hydrogens (tertiary/aromatic N) is 2. The zero-order valence-electron chi connectivity index (χ0n) is 10.8. The van der Waals surface area contributed by atoms with Gasteiger partial charge in [0.05, 0.1) is 11.7 Å². The minimum Gasteiger partial charge on any atom is -0.383 e. The number of pyridine rings is 1. The molecule has 1 aromatic rings. The lowest BCUT2D eigenvalue weighted by Gasteiger charge is -2.36. The number of hydrogen-bond acceptors (Lipinski definition) is 4. The molecular weight excluding hydrogens is 230 g/mol. The van der Waals surface area contributed by atoms with E-state index in [4.69, 9.17) is 10.5 Å². The fourth-order valence-corrected chi connectivity index (χ4v) is 2.29. The number of rotatable bonds is 2. The van der Waals surface area contributed by atoms with E-state index in [-0.39, 0.29) is 17.8 Å². The van der Waals surface area contributed by atoms with Gasteiger partial charge in [0.2, 0.25) is 0 Å². The molecule has 1 fully saturated rings. The van der Waals surface area contributed by atoms with Gasteiger partial charge in [0.15, 0.2) is 0 Å². The SMILES string of the molecule is COC1CN(C(=O)c2cccnc2N)CCC1C. The summed E-state index contributed by atoms with van der Waals surface area (Å²) in [5.74, 6) is 0.704. The van der Waals surface area contributed by atoms with Crippen LogP contribution in [0, 0.1) is 5.92 Å². The highest BCUT2D eigenvalue weighted by atomic mass is 16.5. The second-order valence-electron chi connectivity index (χ2n) is 4.73. The molecule has 1 aliphatic heterocycles. The van der Waals surface area contributed by atoms with Crippen LogP contribution in [0.15, 0.2) is 18.3 Å². The molecule has 2 unspecified atom stereocenters. The van der Waals surface area contributed by atoms with Crippen molar-refractivity contribution >= 4 is 11.7 Å². The maximum absolute atomic E-state index is 12.3.